The van der Waals surface area contributed by atoms with Crippen molar-refractivity contribution in [2.45, 2.75) is 13.0 Å². The number of nitrogens with zero attached hydrogens (tertiary/aromatic N) is 1. The minimum absolute atomic E-state index is 0.00813. The van der Waals surface area contributed by atoms with Gasteiger partial charge in [-0.05, 0) is 6.07 Å². The third-order valence-electron chi connectivity index (χ3n) is 1.39. The molecule has 0 aromatic carbocycles. The molecule has 0 radical (unpaired) electrons. The molecular formula is C7H5BrF3NO. The van der Waals surface area contributed by atoms with Crippen molar-refractivity contribution in [3.63, 3.8) is 0 Å². The van der Waals surface area contributed by atoms with E-state index in [1.807, 2.05) is 0 Å². The SMILES string of the molecule is OCc1cc(Br)c(C(F)F)c(F)n1. The van der Waals surface area contributed by atoms with Crippen LogP contribution in [0.3, 0.4) is 0 Å². The highest BCUT2D eigenvalue weighted by Gasteiger charge is 2.19. The van der Waals surface area contributed by atoms with Crippen molar-refractivity contribution in [1.82, 2.24) is 4.98 Å². The van der Waals surface area contributed by atoms with Crippen LogP contribution in [0.4, 0.5) is 13.2 Å². The maximum absolute atomic E-state index is 12.8. The molecule has 1 N–H and O–H groups in total. The smallest absolute Gasteiger partial charge is 0.269 e. The predicted octanol–water partition coefficient (Wildman–Crippen LogP) is 2.41. The van der Waals surface area contributed by atoms with E-state index in [1.54, 1.807) is 0 Å². The first-order valence-corrected chi connectivity index (χ1v) is 4.09. The van der Waals surface area contributed by atoms with Crippen molar-refractivity contribution in [3.05, 3.63) is 27.7 Å². The molecule has 0 amide bonds. The highest BCUT2D eigenvalue weighted by Crippen LogP contribution is 2.29. The zero-order valence-corrected chi connectivity index (χ0v) is 7.85. The quantitative estimate of drug-likeness (QED) is 0.824. The molecular weight excluding hydrogens is 251 g/mol. The van der Waals surface area contributed by atoms with Gasteiger partial charge in [0, 0.05) is 4.47 Å². The first kappa shape index (κ1) is 10.5. The van der Waals surface area contributed by atoms with Gasteiger partial charge in [-0.2, -0.15) is 4.39 Å². The van der Waals surface area contributed by atoms with Gasteiger partial charge in [0.25, 0.3) is 6.43 Å². The van der Waals surface area contributed by atoms with Crippen LogP contribution < -0.4 is 0 Å². The summed E-state index contributed by atoms with van der Waals surface area (Å²) in [4.78, 5) is 3.15. The number of aliphatic hydroxyl groups excluding tert-OH is 1. The van der Waals surface area contributed by atoms with E-state index in [2.05, 4.69) is 20.9 Å². The Morgan fingerprint density at radius 1 is 1.54 bits per heavy atom. The average molecular weight is 256 g/mol. The number of hydrogen-bond donors (Lipinski definition) is 1. The molecule has 13 heavy (non-hydrogen) atoms. The van der Waals surface area contributed by atoms with E-state index in [4.69, 9.17) is 5.11 Å². The highest BCUT2D eigenvalue weighted by atomic mass is 79.9. The maximum Gasteiger partial charge on any atom is 0.269 e. The molecule has 0 unspecified atom stereocenters. The van der Waals surface area contributed by atoms with E-state index in [0.29, 0.717) is 0 Å². The van der Waals surface area contributed by atoms with Gasteiger partial charge in [0.2, 0.25) is 5.95 Å². The normalized spacial score (nSPS) is 10.9. The summed E-state index contributed by atoms with van der Waals surface area (Å²) in [6.45, 7) is -0.487. The largest absolute Gasteiger partial charge is 0.390 e. The van der Waals surface area contributed by atoms with Crippen LogP contribution in [0.1, 0.15) is 17.7 Å². The van der Waals surface area contributed by atoms with Gasteiger partial charge in [-0.1, -0.05) is 15.9 Å². The Morgan fingerprint density at radius 2 is 2.15 bits per heavy atom. The number of aliphatic hydroxyl groups is 1. The van der Waals surface area contributed by atoms with Gasteiger partial charge in [-0.25, -0.2) is 13.8 Å². The van der Waals surface area contributed by atoms with Crippen LogP contribution in [0.15, 0.2) is 10.5 Å². The lowest BCUT2D eigenvalue weighted by molar-refractivity contribution is 0.143. The fraction of sp³-hybridized carbons (Fsp3) is 0.286. The van der Waals surface area contributed by atoms with Crippen molar-refractivity contribution in [3.8, 4) is 0 Å². The highest BCUT2D eigenvalue weighted by molar-refractivity contribution is 9.10. The molecule has 1 aromatic rings. The summed E-state index contributed by atoms with van der Waals surface area (Å²) < 4.78 is 37.0. The van der Waals surface area contributed by atoms with Gasteiger partial charge in [-0.15, -0.1) is 0 Å². The standard InChI is InChI=1S/C7H5BrF3NO/c8-4-1-3(2-13)12-7(11)5(4)6(9)10/h1,6,13H,2H2. The number of halogens is 4. The number of hydrogen-bond acceptors (Lipinski definition) is 2. The van der Waals surface area contributed by atoms with Crippen LogP contribution in [0.2, 0.25) is 0 Å². The molecule has 1 heterocycles. The van der Waals surface area contributed by atoms with Gasteiger partial charge in [0.05, 0.1) is 17.9 Å². The Morgan fingerprint density at radius 3 is 2.54 bits per heavy atom. The Labute approximate surface area is 80.5 Å². The lowest BCUT2D eigenvalue weighted by Gasteiger charge is -2.05. The monoisotopic (exact) mass is 255 g/mol. The van der Waals surface area contributed by atoms with E-state index in [-0.39, 0.29) is 10.2 Å². The van der Waals surface area contributed by atoms with Gasteiger partial charge in [-0.3, -0.25) is 0 Å². The minimum Gasteiger partial charge on any atom is -0.390 e. The maximum atomic E-state index is 12.8. The molecule has 0 aliphatic heterocycles. The second kappa shape index (κ2) is 4.06. The van der Waals surface area contributed by atoms with Crippen molar-refractivity contribution < 1.29 is 18.3 Å². The first-order chi connectivity index (χ1) is 6.06. The molecule has 72 valence electrons. The molecule has 0 spiro atoms. The summed E-state index contributed by atoms with van der Waals surface area (Å²) >= 11 is 2.77. The van der Waals surface area contributed by atoms with Gasteiger partial charge in [0.1, 0.15) is 0 Å². The Balaban J connectivity index is 3.23. The lowest BCUT2D eigenvalue weighted by Crippen LogP contribution is -2.00. The lowest BCUT2D eigenvalue weighted by atomic mass is 10.2. The molecule has 0 saturated heterocycles. The van der Waals surface area contributed by atoms with Crippen LogP contribution in [-0.2, 0) is 6.61 Å². The summed E-state index contributed by atoms with van der Waals surface area (Å²) in [6.07, 6.45) is -2.92. The van der Waals surface area contributed by atoms with Crippen molar-refractivity contribution in [2.75, 3.05) is 0 Å². The molecule has 0 saturated carbocycles. The van der Waals surface area contributed by atoms with Crippen molar-refractivity contribution in [1.29, 1.82) is 0 Å². The van der Waals surface area contributed by atoms with Gasteiger partial charge in [0.15, 0.2) is 0 Å². The van der Waals surface area contributed by atoms with Crippen LogP contribution >= 0.6 is 15.9 Å². The van der Waals surface area contributed by atoms with Gasteiger partial charge < -0.3 is 5.11 Å². The van der Waals surface area contributed by atoms with E-state index in [9.17, 15) is 13.2 Å². The Kier molecular flexibility index (Phi) is 3.27. The van der Waals surface area contributed by atoms with Crippen LogP contribution in [0, 0.1) is 5.95 Å². The van der Waals surface area contributed by atoms with E-state index < -0.39 is 24.5 Å². The number of rotatable bonds is 2. The minimum atomic E-state index is -2.92. The number of aromatic nitrogens is 1. The van der Waals surface area contributed by atoms with Crippen molar-refractivity contribution in [2.24, 2.45) is 0 Å². The van der Waals surface area contributed by atoms with E-state index in [1.165, 1.54) is 0 Å². The molecule has 1 aromatic heterocycles. The third-order valence-corrected chi connectivity index (χ3v) is 2.05. The molecule has 0 aliphatic carbocycles. The zero-order chi connectivity index (χ0) is 10.0. The summed E-state index contributed by atoms with van der Waals surface area (Å²) in [5.41, 5.74) is -0.772. The second-order valence-electron chi connectivity index (χ2n) is 2.26. The predicted molar refractivity (Wildman–Crippen MR) is 42.8 cm³/mol. The third kappa shape index (κ3) is 2.19. The fourth-order valence-corrected chi connectivity index (χ4v) is 1.42. The molecule has 0 fully saturated rings. The van der Waals surface area contributed by atoms with E-state index >= 15 is 0 Å². The molecule has 0 aliphatic rings. The second-order valence-corrected chi connectivity index (χ2v) is 3.11. The fourth-order valence-electron chi connectivity index (χ4n) is 0.816. The van der Waals surface area contributed by atoms with Crippen molar-refractivity contribution >= 4 is 15.9 Å². The number of pyridine rings is 1. The molecule has 0 bridgehead atoms. The topological polar surface area (TPSA) is 33.1 Å². The number of alkyl halides is 2. The molecule has 1 rings (SSSR count). The summed E-state index contributed by atoms with van der Waals surface area (Å²) in [5.74, 6) is -1.26. The molecule has 0 atom stereocenters. The molecule has 6 heteroatoms. The molecule has 2 nitrogen and oxygen atoms in total. The van der Waals surface area contributed by atoms with Gasteiger partial charge >= 0.3 is 0 Å². The Bertz CT molecular complexity index is 296. The van der Waals surface area contributed by atoms with Crippen LogP contribution in [0.5, 0.6) is 0 Å². The average Bonchev–Trinajstić information content (AvgIpc) is 2.02. The summed E-state index contributed by atoms with van der Waals surface area (Å²) in [6, 6.07) is 1.16. The van der Waals surface area contributed by atoms with E-state index in [0.717, 1.165) is 6.07 Å². The van der Waals surface area contributed by atoms with Crippen LogP contribution in [-0.4, -0.2) is 10.1 Å². The Hall–Kier alpha value is -0.620. The first-order valence-electron chi connectivity index (χ1n) is 3.30. The summed E-state index contributed by atoms with van der Waals surface area (Å²) in [7, 11) is 0. The van der Waals surface area contributed by atoms with Crippen LogP contribution in [0.25, 0.3) is 0 Å². The zero-order valence-electron chi connectivity index (χ0n) is 6.27. The summed E-state index contributed by atoms with van der Waals surface area (Å²) in [5, 5.41) is 8.58.